The molecule has 0 bridgehead atoms. The van der Waals surface area contributed by atoms with Crippen molar-refractivity contribution in [2.45, 2.75) is 78.1 Å². The number of rotatable bonds is 4. The van der Waals surface area contributed by atoms with Crippen LogP contribution in [0.15, 0.2) is 18.2 Å². The van der Waals surface area contributed by atoms with Crippen molar-refractivity contribution in [3.05, 3.63) is 34.9 Å². The van der Waals surface area contributed by atoms with Gasteiger partial charge in [0.25, 0.3) is 0 Å². The normalized spacial score (nSPS) is 20.1. The monoisotopic (exact) mass is 287 g/mol. The molecule has 0 radical (unpaired) electrons. The van der Waals surface area contributed by atoms with Crippen molar-refractivity contribution < 1.29 is 0 Å². The molecule has 0 unspecified atom stereocenters. The Labute approximate surface area is 131 Å². The van der Waals surface area contributed by atoms with Gasteiger partial charge < -0.3 is 5.73 Å². The van der Waals surface area contributed by atoms with Gasteiger partial charge in [0.15, 0.2) is 0 Å². The Bertz CT molecular complexity index is 509. The van der Waals surface area contributed by atoms with E-state index in [1.165, 1.54) is 18.4 Å². The average molecular weight is 287 g/mol. The van der Waals surface area contributed by atoms with Crippen LogP contribution in [0.2, 0.25) is 0 Å². The average Bonchev–Trinajstić information content (AvgIpc) is 2.42. The van der Waals surface area contributed by atoms with Crippen molar-refractivity contribution in [2.24, 2.45) is 11.1 Å². The number of nitrogens with two attached hydrogens (primary N) is 1. The van der Waals surface area contributed by atoms with Crippen LogP contribution >= 0.6 is 0 Å². The summed E-state index contributed by atoms with van der Waals surface area (Å²) in [7, 11) is 0. The third-order valence-corrected chi connectivity index (χ3v) is 5.56. The molecule has 1 aliphatic carbocycles. The quantitative estimate of drug-likeness (QED) is 0.832. The molecule has 2 N–H and O–H groups in total. The van der Waals surface area contributed by atoms with Gasteiger partial charge in [0.2, 0.25) is 0 Å². The zero-order valence-corrected chi connectivity index (χ0v) is 14.8. The minimum Gasteiger partial charge on any atom is -0.330 e. The van der Waals surface area contributed by atoms with Crippen molar-refractivity contribution in [1.82, 2.24) is 0 Å². The van der Waals surface area contributed by atoms with Crippen molar-refractivity contribution in [3.63, 3.8) is 0 Å². The Morgan fingerprint density at radius 1 is 1.00 bits per heavy atom. The van der Waals surface area contributed by atoms with E-state index in [1.54, 1.807) is 11.1 Å². The second-order valence-electron chi connectivity index (χ2n) is 9.02. The molecule has 1 aliphatic rings. The summed E-state index contributed by atoms with van der Waals surface area (Å²) in [6.07, 6.45) is 4.86. The third-order valence-electron chi connectivity index (χ3n) is 5.56. The fourth-order valence-corrected chi connectivity index (χ4v) is 3.38. The van der Waals surface area contributed by atoms with E-state index >= 15 is 0 Å². The SMILES string of the molecule is CC(C)(CN)CCc1ccc2c(c1)C(C)(C)CCC2(C)C. The molecule has 0 fully saturated rings. The van der Waals surface area contributed by atoms with Crippen LogP contribution in [0, 0.1) is 5.41 Å². The van der Waals surface area contributed by atoms with E-state index in [0.717, 1.165) is 19.4 Å². The number of aryl methyl sites for hydroxylation is 1. The lowest BCUT2D eigenvalue weighted by Crippen LogP contribution is -2.34. The summed E-state index contributed by atoms with van der Waals surface area (Å²) in [6, 6.07) is 7.21. The molecule has 0 spiro atoms. The number of benzene rings is 1. The van der Waals surface area contributed by atoms with Gasteiger partial charge in [-0.1, -0.05) is 59.7 Å². The largest absolute Gasteiger partial charge is 0.330 e. The van der Waals surface area contributed by atoms with Crippen molar-refractivity contribution in [1.29, 1.82) is 0 Å². The van der Waals surface area contributed by atoms with E-state index in [2.05, 4.69) is 59.7 Å². The molecular weight excluding hydrogens is 254 g/mol. The van der Waals surface area contributed by atoms with E-state index in [4.69, 9.17) is 5.73 Å². The molecule has 1 heteroatoms. The molecule has 0 amide bonds. The summed E-state index contributed by atoms with van der Waals surface area (Å²) in [5, 5.41) is 0. The van der Waals surface area contributed by atoms with Gasteiger partial charge in [-0.25, -0.2) is 0 Å². The Morgan fingerprint density at radius 2 is 1.57 bits per heavy atom. The maximum absolute atomic E-state index is 5.86. The van der Waals surface area contributed by atoms with E-state index in [9.17, 15) is 0 Å². The highest BCUT2D eigenvalue weighted by molar-refractivity contribution is 5.43. The first-order chi connectivity index (χ1) is 9.57. The van der Waals surface area contributed by atoms with Gasteiger partial charge in [-0.15, -0.1) is 0 Å². The maximum Gasteiger partial charge on any atom is -0.00257 e. The smallest absolute Gasteiger partial charge is 0.00257 e. The molecule has 0 heterocycles. The first-order valence-corrected chi connectivity index (χ1v) is 8.41. The molecule has 1 nitrogen and oxygen atoms in total. The zero-order chi connectivity index (χ0) is 15.9. The lowest BCUT2D eigenvalue weighted by Gasteiger charge is -2.42. The van der Waals surface area contributed by atoms with Crippen LogP contribution in [-0.4, -0.2) is 6.54 Å². The predicted octanol–water partition coefficient (Wildman–Crippen LogP) is 4.95. The van der Waals surface area contributed by atoms with Crippen LogP contribution < -0.4 is 5.73 Å². The molecule has 0 saturated carbocycles. The second-order valence-corrected chi connectivity index (χ2v) is 9.02. The molecule has 1 aromatic rings. The van der Waals surface area contributed by atoms with Gasteiger partial charge in [0.05, 0.1) is 0 Å². The zero-order valence-electron chi connectivity index (χ0n) is 14.8. The van der Waals surface area contributed by atoms with E-state index in [0.29, 0.717) is 10.8 Å². The van der Waals surface area contributed by atoms with Gasteiger partial charge in [0, 0.05) is 0 Å². The van der Waals surface area contributed by atoms with Crippen LogP contribution in [0.3, 0.4) is 0 Å². The van der Waals surface area contributed by atoms with Crippen molar-refractivity contribution in [3.8, 4) is 0 Å². The number of fused-ring (bicyclic) bond motifs is 1. The Morgan fingerprint density at radius 3 is 2.14 bits per heavy atom. The summed E-state index contributed by atoms with van der Waals surface area (Å²) >= 11 is 0. The summed E-state index contributed by atoms with van der Waals surface area (Å²) in [4.78, 5) is 0. The summed E-state index contributed by atoms with van der Waals surface area (Å²) < 4.78 is 0. The van der Waals surface area contributed by atoms with Crippen LogP contribution in [0.5, 0.6) is 0 Å². The molecule has 0 aromatic heterocycles. The van der Waals surface area contributed by atoms with Gasteiger partial charge in [-0.3, -0.25) is 0 Å². The van der Waals surface area contributed by atoms with Crippen molar-refractivity contribution in [2.75, 3.05) is 6.54 Å². The molecule has 0 saturated heterocycles. The lowest BCUT2D eigenvalue weighted by molar-refractivity contribution is 0.330. The summed E-state index contributed by atoms with van der Waals surface area (Å²) in [5.41, 5.74) is 11.3. The predicted molar refractivity (Wildman–Crippen MR) is 92.9 cm³/mol. The van der Waals surface area contributed by atoms with Crippen molar-refractivity contribution >= 4 is 0 Å². The maximum atomic E-state index is 5.86. The minimum atomic E-state index is 0.241. The highest BCUT2D eigenvalue weighted by Gasteiger charge is 2.36. The van der Waals surface area contributed by atoms with E-state index in [-0.39, 0.29) is 5.41 Å². The molecule has 21 heavy (non-hydrogen) atoms. The third kappa shape index (κ3) is 3.51. The number of hydrogen-bond acceptors (Lipinski definition) is 1. The Kier molecular flexibility index (Phi) is 4.28. The van der Waals surface area contributed by atoms with E-state index in [1.807, 2.05) is 0 Å². The Hall–Kier alpha value is -0.820. The summed E-state index contributed by atoms with van der Waals surface area (Å²) in [5.74, 6) is 0. The van der Waals surface area contributed by atoms with Gasteiger partial charge in [0.1, 0.15) is 0 Å². The highest BCUT2D eigenvalue weighted by Crippen LogP contribution is 2.46. The van der Waals surface area contributed by atoms with Crippen LogP contribution in [-0.2, 0) is 17.3 Å². The standard InChI is InChI=1S/C20H33N/c1-18(2,14-21)10-9-15-7-8-16-17(13-15)20(5,6)12-11-19(16,3)4/h7-8,13H,9-12,14,21H2,1-6H3. The molecule has 118 valence electrons. The van der Waals surface area contributed by atoms with Gasteiger partial charge in [-0.2, -0.15) is 0 Å². The molecule has 0 atom stereocenters. The molecule has 0 aliphatic heterocycles. The van der Waals surface area contributed by atoms with Crippen LogP contribution in [0.1, 0.15) is 77.5 Å². The first-order valence-electron chi connectivity index (χ1n) is 8.41. The topological polar surface area (TPSA) is 26.0 Å². The van der Waals surface area contributed by atoms with Crippen LogP contribution in [0.25, 0.3) is 0 Å². The number of hydrogen-bond donors (Lipinski definition) is 1. The summed E-state index contributed by atoms with van der Waals surface area (Å²) in [6.45, 7) is 14.9. The first kappa shape index (κ1) is 16.5. The van der Waals surface area contributed by atoms with Crippen LogP contribution in [0.4, 0.5) is 0 Å². The van der Waals surface area contributed by atoms with Gasteiger partial charge in [-0.05, 0) is 65.2 Å². The molecule has 2 rings (SSSR count). The molecular formula is C20H33N. The fraction of sp³-hybridized carbons (Fsp3) is 0.700. The fourth-order valence-electron chi connectivity index (χ4n) is 3.38. The van der Waals surface area contributed by atoms with Gasteiger partial charge >= 0.3 is 0 Å². The van der Waals surface area contributed by atoms with E-state index < -0.39 is 0 Å². The highest BCUT2D eigenvalue weighted by atomic mass is 14.6. The molecule has 1 aromatic carbocycles. The second kappa shape index (κ2) is 5.43. The minimum absolute atomic E-state index is 0.241. The Balaban J connectivity index is 2.29. The lowest BCUT2D eigenvalue weighted by atomic mass is 9.63.